The van der Waals surface area contributed by atoms with Gasteiger partial charge in [-0.1, -0.05) is 11.6 Å². The number of nitrogens with two attached hydrogens (primary N) is 1. The van der Waals surface area contributed by atoms with E-state index in [0.29, 0.717) is 6.10 Å². The summed E-state index contributed by atoms with van der Waals surface area (Å²) in [4.78, 5) is 0. The van der Waals surface area contributed by atoms with Crippen LogP contribution in [0.4, 0.5) is 0 Å². The molecule has 2 N–H and O–H groups in total. The SMILES string of the molecule is CC(C)=CC(N)CC1CCCO1. The molecule has 1 fully saturated rings. The Morgan fingerprint density at radius 2 is 2.42 bits per heavy atom. The summed E-state index contributed by atoms with van der Waals surface area (Å²) in [6, 6.07) is 0.179. The zero-order chi connectivity index (χ0) is 8.97. The molecule has 2 heteroatoms. The smallest absolute Gasteiger partial charge is 0.0593 e. The highest BCUT2D eigenvalue weighted by Gasteiger charge is 2.17. The zero-order valence-corrected chi connectivity index (χ0v) is 8.05. The zero-order valence-electron chi connectivity index (χ0n) is 8.05. The van der Waals surface area contributed by atoms with E-state index in [-0.39, 0.29) is 6.04 Å². The van der Waals surface area contributed by atoms with Crippen LogP contribution >= 0.6 is 0 Å². The number of hydrogen-bond donors (Lipinski definition) is 1. The van der Waals surface area contributed by atoms with Crippen molar-refractivity contribution < 1.29 is 4.74 Å². The van der Waals surface area contributed by atoms with E-state index in [1.54, 1.807) is 0 Å². The Labute approximate surface area is 74.8 Å². The maximum absolute atomic E-state index is 5.90. The van der Waals surface area contributed by atoms with Gasteiger partial charge in [-0.3, -0.25) is 0 Å². The first kappa shape index (κ1) is 9.75. The minimum atomic E-state index is 0.179. The molecular weight excluding hydrogens is 150 g/mol. The van der Waals surface area contributed by atoms with E-state index < -0.39 is 0 Å². The first-order valence-corrected chi connectivity index (χ1v) is 4.70. The lowest BCUT2D eigenvalue weighted by Gasteiger charge is -2.12. The van der Waals surface area contributed by atoms with Crippen molar-refractivity contribution in [2.45, 2.75) is 45.3 Å². The summed E-state index contributed by atoms with van der Waals surface area (Å²) in [5.74, 6) is 0. The van der Waals surface area contributed by atoms with Crippen LogP contribution in [0.1, 0.15) is 33.1 Å². The average molecular weight is 169 g/mol. The molecule has 1 saturated heterocycles. The fourth-order valence-electron chi connectivity index (χ4n) is 1.63. The van der Waals surface area contributed by atoms with Gasteiger partial charge in [-0.25, -0.2) is 0 Å². The molecule has 0 radical (unpaired) electrons. The number of rotatable bonds is 3. The summed E-state index contributed by atoms with van der Waals surface area (Å²) < 4.78 is 5.50. The third-order valence-electron chi connectivity index (χ3n) is 2.11. The third-order valence-corrected chi connectivity index (χ3v) is 2.11. The van der Waals surface area contributed by atoms with E-state index >= 15 is 0 Å². The van der Waals surface area contributed by atoms with Gasteiger partial charge in [-0.05, 0) is 33.1 Å². The van der Waals surface area contributed by atoms with Crippen LogP contribution in [0, 0.1) is 0 Å². The summed E-state index contributed by atoms with van der Waals surface area (Å²) >= 11 is 0. The molecule has 1 aliphatic rings. The Morgan fingerprint density at radius 1 is 1.67 bits per heavy atom. The minimum Gasteiger partial charge on any atom is -0.378 e. The Kier molecular flexibility index (Phi) is 3.76. The van der Waals surface area contributed by atoms with Gasteiger partial charge in [0.2, 0.25) is 0 Å². The average Bonchev–Trinajstić information content (AvgIpc) is 2.37. The summed E-state index contributed by atoms with van der Waals surface area (Å²) in [6.45, 7) is 5.08. The van der Waals surface area contributed by atoms with Crippen molar-refractivity contribution in [2.24, 2.45) is 5.73 Å². The Hall–Kier alpha value is -0.340. The molecule has 0 saturated carbocycles. The van der Waals surface area contributed by atoms with E-state index in [0.717, 1.165) is 13.0 Å². The molecule has 2 unspecified atom stereocenters. The lowest BCUT2D eigenvalue weighted by Crippen LogP contribution is -2.23. The van der Waals surface area contributed by atoms with Gasteiger partial charge in [0.15, 0.2) is 0 Å². The number of hydrogen-bond acceptors (Lipinski definition) is 2. The lowest BCUT2D eigenvalue weighted by atomic mass is 10.1. The van der Waals surface area contributed by atoms with Crippen molar-refractivity contribution in [3.63, 3.8) is 0 Å². The molecule has 1 aliphatic heterocycles. The Balaban J connectivity index is 2.25. The van der Waals surface area contributed by atoms with Gasteiger partial charge >= 0.3 is 0 Å². The highest BCUT2D eigenvalue weighted by molar-refractivity contribution is 5.00. The quantitative estimate of drug-likeness (QED) is 0.654. The van der Waals surface area contributed by atoms with Gasteiger partial charge in [0.1, 0.15) is 0 Å². The third kappa shape index (κ3) is 3.37. The monoisotopic (exact) mass is 169 g/mol. The normalized spacial score (nSPS) is 25.4. The van der Waals surface area contributed by atoms with E-state index in [1.807, 2.05) is 0 Å². The van der Waals surface area contributed by atoms with Crippen molar-refractivity contribution in [2.75, 3.05) is 6.61 Å². The van der Waals surface area contributed by atoms with Gasteiger partial charge in [-0.15, -0.1) is 0 Å². The molecule has 0 aliphatic carbocycles. The molecule has 2 atom stereocenters. The predicted molar refractivity (Wildman–Crippen MR) is 51.0 cm³/mol. The second-order valence-electron chi connectivity index (χ2n) is 3.78. The van der Waals surface area contributed by atoms with E-state index in [9.17, 15) is 0 Å². The van der Waals surface area contributed by atoms with Gasteiger partial charge < -0.3 is 10.5 Å². The minimum absolute atomic E-state index is 0.179. The van der Waals surface area contributed by atoms with Crippen molar-refractivity contribution in [3.8, 4) is 0 Å². The molecule has 0 bridgehead atoms. The molecule has 0 amide bonds. The lowest BCUT2D eigenvalue weighted by molar-refractivity contribution is 0.102. The summed E-state index contributed by atoms with van der Waals surface area (Å²) in [7, 11) is 0. The van der Waals surface area contributed by atoms with E-state index in [2.05, 4.69) is 19.9 Å². The number of allylic oxidation sites excluding steroid dienone is 1. The molecule has 0 aromatic rings. The summed E-state index contributed by atoms with van der Waals surface area (Å²) in [5, 5.41) is 0. The standard InChI is InChI=1S/C10H19NO/c1-8(2)6-9(11)7-10-4-3-5-12-10/h6,9-10H,3-5,7,11H2,1-2H3. The fourth-order valence-corrected chi connectivity index (χ4v) is 1.63. The van der Waals surface area contributed by atoms with Crippen molar-refractivity contribution in [3.05, 3.63) is 11.6 Å². The largest absolute Gasteiger partial charge is 0.378 e. The Bertz CT molecular complexity index is 155. The van der Waals surface area contributed by atoms with Crippen LogP contribution in [-0.4, -0.2) is 18.8 Å². The molecule has 0 aromatic carbocycles. The van der Waals surface area contributed by atoms with Crippen LogP contribution in [0.5, 0.6) is 0 Å². The van der Waals surface area contributed by atoms with Crippen LogP contribution in [0.2, 0.25) is 0 Å². The van der Waals surface area contributed by atoms with Crippen molar-refractivity contribution in [1.29, 1.82) is 0 Å². The predicted octanol–water partition coefficient (Wildman–Crippen LogP) is 1.85. The molecule has 1 rings (SSSR count). The Morgan fingerprint density at radius 3 is 2.92 bits per heavy atom. The van der Waals surface area contributed by atoms with Gasteiger partial charge in [0.25, 0.3) is 0 Å². The van der Waals surface area contributed by atoms with E-state index in [4.69, 9.17) is 10.5 Å². The molecular formula is C10H19NO. The van der Waals surface area contributed by atoms with Gasteiger partial charge in [-0.2, -0.15) is 0 Å². The molecule has 70 valence electrons. The van der Waals surface area contributed by atoms with Gasteiger partial charge in [0, 0.05) is 12.6 Å². The summed E-state index contributed by atoms with van der Waals surface area (Å²) in [6.07, 6.45) is 5.89. The van der Waals surface area contributed by atoms with Crippen molar-refractivity contribution >= 4 is 0 Å². The second kappa shape index (κ2) is 4.63. The first-order chi connectivity index (χ1) is 5.68. The van der Waals surface area contributed by atoms with E-state index in [1.165, 1.54) is 18.4 Å². The first-order valence-electron chi connectivity index (χ1n) is 4.70. The number of ether oxygens (including phenoxy) is 1. The van der Waals surface area contributed by atoms with Crippen LogP contribution in [0.25, 0.3) is 0 Å². The summed E-state index contributed by atoms with van der Waals surface area (Å²) in [5.41, 5.74) is 7.19. The highest BCUT2D eigenvalue weighted by atomic mass is 16.5. The maximum Gasteiger partial charge on any atom is 0.0593 e. The molecule has 12 heavy (non-hydrogen) atoms. The topological polar surface area (TPSA) is 35.2 Å². The molecule has 2 nitrogen and oxygen atoms in total. The second-order valence-corrected chi connectivity index (χ2v) is 3.78. The van der Waals surface area contributed by atoms with Gasteiger partial charge in [0.05, 0.1) is 6.10 Å². The molecule has 0 spiro atoms. The maximum atomic E-state index is 5.90. The fraction of sp³-hybridized carbons (Fsp3) is 0.800. The van der Waals surface area contributed by atoms with Crippen LogP contribution in [-0.2, 0) is 4.74 Å². The molecule has 0 aromatic heterocycles. The van der Waals surface area contributed by atoms with Crippen LogP contribution in [0.15, 0.2) is 11.6 Å². The van der Waals surface area contributed by atoms with Crippen LogP contribution in [0.3, 0.4) is 0 Å². The molecule has 1 heterocycles. The van der Waals surface area contributed by atoms with Crippen molar-refractivity contribution in [1.82, 2.24) is 0 Å². The highest BCUT2D eigenvalue weighted by Crippen LogP contribution is 2.16. The van der Waals surface area contributed by atoms with Crippen LogP contribution < -0.4 is 5.73 Å².